The predicted molar refractivity (Wildman–Crippen MR) is 104 cm³/mol. The fourth-order valence-corrected chi connectivity index (χ4v) is 2.40. The van der Waals surface area contributed by atoms with Gasteiger partial charge in [-0.05, 0) is 30.5 Å². The molecule has 24 heavy (non-hydrogen) atoms. The number of hydrogen-bond donors (Lipinski definition) is 2. The van der Waals surface area contributed by atoms with Crippen molar-refractivity contribution in [1.29, 1.82) is 0 Å². The number of hydrogen-bond acceptors (Lipinski definition) is 3. The lowest BCUT2D eigenvalue weighted by atomic mass is 10.1. The Morgan fingerprint density at radius 3 is 3.00 bits per heavy atom. The molecule has 2 N–H and O–H groups in total. The smallest absolute Gasteiger partial charge is 0.191 e. The van der Waals surface area contributed by atoms with Crippen molar-refractivity contribution in [3.63, 3.8) is 0 Å². The second-order valence-electron chi connectivity index (χ2n) is 5.64. The van der Waals surface area contributed by atoms with Gasteiger partial charge in [-0.15, -0.1) is 24.0 Å². The number of halogens is 2. The molecule has 1 heterocycles. The van der Waals surface area contributed by atoms with E-state index in [0.717, 1.165) is 51.4 Å². The van der Waals surface area contributed by atoms with Gasteiger partial charge >= 0.3 is 0 Å². The summed E-state index contributed by atoms with van der Waals surface area (Å²) in [7, 11) is 1.72. The average molecular weight is 451 g/mol. The third-order valence-corrected chi connectivity index (χ3v) is 3.71. The highest BCUT2D eigenvalue weighted by molar-refractivity contribution is 14.0. The minimum Gasteiger partial charge on any atom is -0.381 e. The van der Waals surface area contributed by atoms with Crippen molar-refractivity contribution in [1.82, 2.24) is 10.6 Å². The molecule has 0 saturated carbocycles. The molecular formula is C17H27FIN3O2. The monoisotopic (exact) mass is 451 g/mol. The van der Waals surface area contributed by atoms with Crippen LogP contribution in [0.2, 0.25) is 0 Å². The van der Waals surface area contributed by atoms with Crippen LogP contribution in [0.4, 0.5) is 4.39 Å². The van der Waals surface area contributed by atoms with Gasteiger partial charge in [0.25, 0.3) is 0 Å². The third kappa shape index (κ3) is 8.25. The number of benzene rings is 1. The summed E-state index contributed by atoms with van der Waals surface area (Å²) in [5, 5.41) is 6.39. The number of nitrogens with one attached hydrogen (secondary N) is 2. The summed E-state index contributed by atoms with van der Waals surface area (Å²) >= 11 is 0. The van der Waals surface area contributed by atoms with Crippen molar-refractivity contribution < 1.29 is 13.9 Å². The maximum absolute atomic E-state index is 13.1. The Balaban J connectivity index is 0.00000288. The zero-order valence-electron chi connectivity index (χ0n) is 14.1. The third-order valence-electron chi connectivity index (χ3n) is 3.71. The minimum absolute atomic E-state index is 0. The lowest BCUT2D eigenvalue weighted by Gasteiger charge is -2.12. The molecule has 1 aliphatic rings. The molecule has 2 rings (SSSR count). The SMILES string of the molecule is CN=C(NCCCOCC1CCOC1)NCc1cccc(F)c1.I. The Morgan fingerprint density at radius 1 is 1.42 bits per heavy atom. The van der Waals surface area contributed by atoms with Crippen molar-refractivity contribution in [3.8, 4) is 0 Å². The molecule has 0 aromatic heterocycles. The molecule has 1 saturated heterocycles. The van der Waals surface area contributed by atoms with Gasteiger partial charge in [0.1, 0.15) is 5.82 Å². The Kier molecular flexibility index (Phi) is 10.9. The number of rotatable bonds is 8. The van der Waals surface area contributed by atoms with E-state index < -0.39 is 0 Å². The van der Waals surface area contributed by atoms with Crippen LogP contribution in [0.5, 0.6) is 0 Å². The number of nitrogens with zero attached hydrogens (tertiary/aromatic N) is 1. The van der Waals surface area contributed by atoms with E-state index in [1.54, 1.807) is 13.1 Å². The van der Waals surface area contributed by atoms with Crippen molar-refractivity contribution in [2.45, 2.75) is 19.4 Å². The number of aliphatic imine (C=N–C) groups is 1. The first-order valence-corrected chi connectivity index (χ1v) is 8.12. The maximum Gasteiger partial charge on any atom is 0.191 e. The van der Waals surface area contributed by atoms with Crippen molar-refractivity contribution in [2.75, 3.05) is 40.0 Å². The molecule has 0 amide bonds. The van der Waals surface area contributed by atoms with E-state index in [2.05, 4.69) is 15.6 Å². The Labute approximate surface area is 160 Å². The van der Waals surface area contributed by atoms with E-state index in [-0.39, 0.29) is 29.8 Å². The van der Waals surface area contributed by atoms with E-state index in [1.807, 2.05) is 6.07 Å². The Hall–Kier alpha value is -0.930. The molecule has 136 valence electrons. The summed E-state index contributed by atoms with van der Waals surface area (Å²) in [6, 6.07) is 6.54. The van der Waals surface area contributed by atoms with Gasteiger partial charge in [0.05, 0.1) is 13.2 Å². The number of ether oxygens (including phenoxy) is 2. The first-order chi connectivity index (χ1) is 11.3. The summed E-state index contributed by atoms with van der Waals surface area (Å²) in [4.78, 5) is 4.15. The van der Waals surface area contributed by atoms with E-state index in [0.29, 0.717) is 18.4 Å². The van der Waals surface area contributed by atoms with Gasteiger partial charge in [-0.2, -0.15) is 0 Å². The molecule has 0 radical (unpaired) electrons. The molecule has 1 fully saturated rings. The molecule has 0 bridgehead atoms. The fraction of sp³-hybridized carbons (Fsp3) is 0.588. The summed E-state index contributed by atoms with van der Waals surface area (Å²) in [6.07, 6.45) is 2.02. The van der Waals surface area contributed by atoms with Crippen LogP contribution in [-0.2, 0) is 16.0 Å². The van der Waals surface area contributed by atoms with E-state index in [9.17, 15) is 4.39 Å². The lowest BCUT2D eigenvalue weighted by molar-refractivity contribution is 0.0888. The second kappa shape index (κ2) is 12.4. The van der Waals surface area contributed by atoms with Crippen LogP contribution in [0.25, 0.3) is 0 Å². The van der Waals surface area contributed by atoms with E-state index in [1.165, 1.54) is 12.1 Å². The first-order valence-electron chi connectivity index (χ1n) is 8.12. The quantitative estimate of drug-likeness (QED) is 0.276. The molecule has 1 aromatic carbocycles. The molecule has 1 unspecified atom stereocenters. The highest BCUT2D eigenvalue weighted by Crippen LogP contribution is 2.12. The van der Waals surface area contributed by atoms with Gasteiger partial charge in [0.2, 0.25) is 0 Å². The molecule has 7 heteroatoms. The standard InChI is InChI=1S/C17H26FN3O2.HI/c1-19-17(21-11-14-4-2-5-16(18)10-14)20-7-3-8-22-12-15-6-9-23-13-15;/h2,4-5,10,15H,3,6-9,11-13H2,1H3,(H2,19,20,21);1H. The molecule has 0 aliphatic carbocycles. The van der Waals surface area contributed by atoms with Crippen LogP contribution < -0.4 is 10.6 Å². The van der Waals surface area contributed by atoms with Crippen LogP contribution in [0.1, 0.15) is 18.4 Å². The molecule has 1 atom stereocenters. The summed E-state index contributed by atoms with van der Waals surface area (Å²) < 4.78 is 24.1. The highest BCUT2D eigenvalue weighted by Gasteiger charge is 2.15. The van der Waals surface area contributed by atoms with Gasteiger partial charge in [-0.1, -0.05) is 12.1 Å². The Morgan fingerprint density at radius 2 is 2.29 bits per heavy atom. The van der Waals surface area contributed by atoms with Gasteiger partial charge in [0.15, 0.2) is 5.96 Å². The van der Waals surface area contributed by atoms with E-state index >= 15 is 0 Å². The van der Waals surface area contributed by atoms with E-state index in [4.69, 9.17) is 9.47 Å². The first kappa shape index (κ1) is 21.1. The van der Waals surface area contributed by atoms with Crippen LogP contribution in [0.3, 0.4) is 0 Å². The second-order valence-corrected chi connectivity index (χ2v) is 5.64. The number of guanidine groups is 1. The van der Waals surface area contributed by atoms with Gasteiger partial charge in [-0.3, -0.25) is 4.99 Å². The Bertz CT molecular complexity index is 496. The van der Waals surface area contributed by atoms with Gasteiger partial charge < -0.3 is 20.1 Å². The average Bonchev–Trinajstić information content (AvgIpc) is 3.07. The molecule has 1 aromatic rings. The molecule has 5 nitrogen and oxygen atoms in total. The van der Waals surface area contributed by atoms with Crippen molar-refractivity contribution >= 4 is 29.9 Å². The topological polar surface area (TPSA) is 54.9 Å². The van der Waals surface area contributed by atoms with Crippen LogP contribution in [0.15, 0.2) is 29.3 Å². The zero-order valence-corrected chi connectivity index (χ0v) is 16.4. The van der Waals surface area contributed by atoms with Crippen LogP contribution in [0, 0.1) is 11.7 Å². The normalized spacial score (nSPS) is 17.4. The summed E-state index contributed by atoms with van der Waals surface area (Å²) in [6.45, 7) is 4.52. The molecule has 0 spiro atoms. The molecular weight excluding hydrogens is 424 g/mol. The van der Waals surface area contributed by atoms with Gasteiger partial charge in [0, 0.05) is 39.3 Å². The zero-order chi connectivity index (χ0) is 16.3. The van der Waals surface area contributed by atoms with Crippen LogP contribution in [-0.4, -0.2) is 46.0 Å². The predicted octanol–water partition coefficient (Wildman–Crippen LogP) is 2.55. The largest absolute Gasteiger partial charge is 0.381 e. The lowest BCUT2D eigenvalue weighted by Crippen LogP contribution is -2.37. The summed E-state index contributed by atoms with van der Waals surface area (Å²) in [5.41, 5.74) is 0.884. The molecule has 1 aliphatic heterocycles. The highest BCUT2D eigenvalue weighted by atomic mass is 127. The minimum atomic E-state index is -0.225. The summed E-state index contributed by atoms with van der Waals surface area (Å²) in [5.74, 6) is 1.04. The van der Waals surface area contributed by atoms with Crippen molar-refractivity contribution in [3.05, 3.63) is 35.6 Å². The van der Waals surface area contributed by atoms with Crippen molar-refractivity contribution in [2.24, 2.45) is 10.9 Å². The van der Waals surface area contributed by atoms with Crippen LogP contribution >= 0.6 is 24.0 Å². The van der Waals surface area contributed by atoms with Gasteiger partial charge in [-0.25, -0.2) is 4.39 Å². The fourth-order valence-electron chi connectivity index (χ4n) is 2.40. The maximum atomic E-state index is 13.1.